The Bertz CT molecular complexity index is 260. The van der Waals surface area contributed by atoms with Crippen molar-refractivity contribution in [3.8, 4) is 0 Å². The molecule has 0 atom stereocenters. The van der Waals surface area contributed by atoms with Crippen molar-refractivity contribution in [2.24, 2.45) is 0 Å². The molecule has 0 amide bonds. The average Bonchev–Trinajstić information content (AvgIpc) is 2.33. The molecule has 14 heavy (non-hydrogen) atoms. The Morgan fingerprint density at radius 2 is 1.79 bits per heavy atom. The van der Waals surface area contributed by atoms with E-state index in [1.54, 1.807) is 0 Å². The zero-order chi connectivity index (χ0) is 9.95. The normalized spacial score (nSPS) is 20.4. The molecule has 1 aliphatic rings. The number of nitrogens with zero attached hydrogens (tertiary/aromatic N) is 1. The summed E-state index contributed by atoms with van der Waals surface area (Å²) in [5.74, 6) is -0.0964. The second-order valence-electron chi connectivity index (χ2n) is 4.14. The van der Waals surface area contributed by atoms with Gasteiger partial charge in [-0.05, 0) is 0 Å². The fraction of sp³-hybridized carbons (Fsp3) is 1.00. The third kappa shape index (κ3) is 5.37. The van der Waals surface area contributed by atoms with Crippen LogP contribution in [0.2, 0.25) is 0 Å². The van der Waals surface area contributed by atoms with Crippen molar-refractivity contribution in [2.45, 2.75) is 19.3 Å². The Morgan fingerprint density at radius 3 is 2.21 bits per heavy atom. The van der Waals surface area contributed by atoms with Crippen LogP contribution in [0.3, 0.4) is 0 Å². The van der Waals surface area contributed by atoms with Gasteiger partial charge in [0, 0.05) is 19.3 Å². The summed E-state index contributed by atoms with van der Waals surface area (Å²) >= 11 is 0. The van der Waals surface area contributed by atoms with Crippen molar-refractivity contribution in [1.29, 1.82) is 0 Å². The van der Waals surface area contributed by atoms with Gasteiger partial charge in [-0.15, -0.1) is 0 Å². The summed E-state index contributed by atoms with van der Waals surface area (Å²) in [4.78, 5) is 0. The fourth-order valence-corrected chi connectivity index (χ4v) is 2.45. The molecule has 0 aliphatic carbocycles. The van der Waals surface area contributed by atoms with E-state index in [4.69, 9.17) is 4.55 Å². The summed E-state index contributed by atoms with van der Waals surface area (Å²) in [5, 5.41) is 0. The predicted octanol–water partition coefficient (Wildman–Crippen LogP) is -0.144. The van der Waals surface area contributed by atoms with Gasteiger partial charge < -0.3 is 4.48 Å². The van der Waals surface area contributed by atoms with Crippen LogP contribution in [-0.4, -0.2) is 68.7 Å². The van der Waals surface area contributed by atoms with Crippen LogP contribution in [0.4, 0.5) is 0 Å². The first kappa shape index (κ1) is 14.5. The van der Waals surface area contributed by atoms with Gasteiger partial charge in [0.15, 0.2) is 0 Å². The van der Waals surface area contributed by atoms with Crippen LogP contribution in [0.5, 0.6) is 0 Å². The van der Waals surface area contributed by atoms with Crippen molar-refractivity contribution < 1.29 is 17.5 Å². The van der Waals surface area contributed by atoms with E-state index in [0.717, 1.165) is 24.1 Å². The number of hydrogen-bond acceptors (Lipinski definition) is 2. The van der Waals surface area contributed by atoms with Crippen molar-refractivity contribution in [2.75, 3.05) is 32.4 Å². The molecule has 1 saturated heterocycles. The monoisotopic (exact) mass is 216 g/mol. The SMILES string of the molecule is C[N+]1(CCCS(=O)(=O)O)CCCC1.[LiH]. The number of rotatable bonds is 4. The Labute approximate surface area is 98.2 Å². The van der Waals surface area contributed by atoms with Gasteiger partial charge in [0.25, 0.3) is 10.1 Å². The first-order valence-corrected chi connectivity index (χ1v) is 6.31. The van der Waals surface area contributed by atoms with Gasteiger partial charge in [-0.1, -0.05) is 0 Å². The van der Waals surface area contributed by atoms with Gasteiger partial charge in [-0.2, -0.15) is 8.42 Å². The molecule has 0 aromatic heterocycles. The standard InChI is InChI=1S/C8H17NO3S.Li.H/c1-9(5-2-3-6-9)7-4-8-13(10,11)12;;/h2-8H2,1H3;;/p+1. The van der Waals surface area contributed by atoms with E-state index in [0.29, 0.717) is 6.42 Å². The minimum atomic E-state index is -3.75. The maximum atomic E-state index is 10.5. The van der Waals surface area contributed by atoms with Crippen molar-refractivity contribution in [3.05, 3.63) is 0 Å². The quantitative estimate of drug-likeness (QED) is 0.404. The molecule has 1 heterocycles. The molecular formula is C8H19LiNO3S+. The molecular weight excluding hydrogens is 197 g/mol. The maximum absolute atomic E-state index is 10.5. The number of quaternary nitrogens is 1. The second kappa shape index (κ2) is 5.52. The predicted molar refractivity (Wildman–Crippen MR) is 58.2 cm³/mol. The molecule has 6 heteroatoms. The zero-order valence-electron chi connectivity index (χ0n) is 8.07. The molecule has 0 aromatic rings. The minimum absolute atomic E-state index is 0. The Hall–Kier alpha value is 0.467. The fourth-order valence-electron chi connectivity index (χ4n) is 1.95. The van der Waals surface area contributed by atoms with Gasteiger partial charge in [0.05, 0.1) is 32.4 Å². The summed E-state index contributed by atoms with van der Waals surface area (Å²) in [5.41, 5.74) is 0. The molecule has 80 valence electrons. The van der Waals surface area contributed by atoms with Crippen molar-refractivity contribution >= 4 is 29.0 Å². The zero-order valence-corrected chi connectivity index (χ0v) is 8.89. The van der Waals surface area contributed by atoms with E-state index in [1.807, 2.05) is 0 Å². The molecule has 0 radical (unpaired) electrons. The summed E-state index contributed by atoms with van der Waals surface area (Å²) in [6.07, 6.45) is 3.04. The van der Waals surface area contributed by atoms with Gasteiger partial charge in [-0.3, -0.25) is 4.55 Å². The van der Waals surface area contributed by atoms with E-state index in [1.165, 1.54) is 12.8 Å². The van der Waals surface area contributed by atoms with Crippen LogP contribution in [0.15, 0.2) is 0 Å². The van der Waals surface area contributed by atoms with Gasteiger partial charge in [0.2, 0.25) is 0 Å². The molecule has 4 nitrogen and oxygen atoms in total. The third-order valence-corrected chi connectivity index (χ3v) is 3.55. The first-order chi connectivity index (χ1) is 5.91. The van der Waals surface area contributed by atoms with E-state index in [9.17, 15) is 8.42 Å². The van der Waals surface area contributed by atoms with Crippen LogP contribution < -0.4 is 0 Å². The van der Waals surface area contributed by atoms with Gasteiger partial charge in [-0.25, -0.2) is 0 Å². The number of likely N-dealkylation sites (tertiary alicyclic amines) is 1. The molecule has 1 fully saturated rings. The molecule has 1 rings (SSSR count). The van der Waals surface area contributed by atoms with Crippen LogP contribution >= 0.6 is 0 Å². The average molecular weight is 216 g/mol. The molecule has 0 bridgehead atoms. The van der Waals surface area contributed by atoms with Crippen molar-refractivity contribution in [3.63, 3.8) is 0 Å². The van der Waals surface area contributed by atoms with Crippen LogP contribution in [-0.2, 0) is 10.1 Å². The van der Waals surface area contributed by atoms with Gasteiger partial charge >= 0.3 is 18.9 Å². The third-order valence-electron chi connectivity index (χ3n) is 2.75. The van der Waals surface area contributed by atoms with E-state index < -0.39 is 10.1 Å². The van der Waals surface area contributed by atoms with Crippen LogP contribution in [0, 0.1) is 0 Å². The molecule has 0 unspecified atom stereocenters. The summed E-state index contributed by atoms with van der Waals surface area (Å²) in [6, 6.07) is 0. The second-order valence-corrected chi connectivity index (χ2v) is 5.71. The molecule has 1 N–H and O–H groups in total. The molecule has 0 aromatic carbocycles. The van der Waals surface area contributed by atoms with E-state index in [2.05, 4.69) is 7.05 Å². The van der Waals surface area contributed by atoms with Crippen molar-refractivity contribution in [1.82, 2.24) is 0 Å². The molecule has 0 saturated carbocycles. The topological polar surface area (TPSA) is 54.4 Å². The summed E-state index contributed by atoms with van der Waals surface area (Å²) < 4.78 is 30.4. The van der Waals surface area contributed by atoms with Gasteiger partial charge in [0.1, 0.15) is 0 Å². The van der Waals surface area contributed by atoms with E-state index in [-0.39, 0.29) is 24.6 Å². The Morgan fingerprint density at radius 1 is 1.29 bits per heavy atom. The van der Waals surface area contributed by atoms with E-state index >= 15 is 0 Å². The summed E-state index contributed by atoms with van der Waals surface area (Å²) in [6.45, 7) is 3.15. The van der Waals surface area contributed by atoms with Crippen LogP contribution in [0.1, 0.15) is 19.3 Å². The van der Waals surface area contributed by atoms with Crippen LogP contribution in [0.25, 0.3) is 0 Å². The molecule has 1 aliphatic heterocycles. The summed E-state index contributed by atoms with van der Waals surface area (Å²) in [7, 11) is -1.60. The first-order valence-electron chi connectivity index (χ1n) is 4.70. The Balaban J connectivity index is 0.00000169. The Kier molecular flexibility index (Phi) is 5.71. The number of hydrogen-bond donors (Lipinski definition) is 1. The molecule has 0 spiro atoms.